The Bertz CT molecular complexity index is 224. The van der Waals surface area contributed by atoms with E-state index in [0.29, 0.717) is 0 Å². The number of hydrogen-bond donors (Lipinski definition) is 0. The molecule has 5 nitrogen and oxygen atoms in total. The summed E-state index contributed by atoms with van der Waals surface area (Å²) in [6.45, 7) is 8.70. The SMILES string of the molecule is CC(C)(C)OOC(=O)C(C)(C)C1OO1. The van der Waals surface area contributed by atoms with Crippen LogP contribution in [-0.2, 0) is 24.3 Å². The third kappa shape index (κ3) is 2.94. The van der Waals surface area contributed by atoms with Crippen molar-refractivity contribution in [3.63, 3.8) is 0 Å². The average molecular weight is 204 g/mol. The van der Waals surface area contributed by atoms with Crippen LogP contribution in [0.4, 0.5) is 0 Å². The molecule has 0 bridgehead atoms. The van der Waals surface area contributed by atoms with Gasteiger partial charge in [0.25, 0.3) is 0 Å². The van der Waals surface area contributed by atoms with Crippen LogP contribution in [0.2, 0.25) is 0 Å². The highest BCUT2D eigenvalue weighted by Crippen LogP contribution is 2.35. The van der Waals surface area contributed by atoms with Crippen molar-refractivity contribution in [1.29, 1.82) is 0 Å². The van der Waals surface area contributed by atoms with Crippen molar-refractivity contribution in [2.75, 3.05) is 0 Å². The van der Waals surface area contributed by atoms with Gasteiger partial charge in [0.2, 0.25) is 6.29 Å². The summed E-state index contributed by atoms with van der Waals surface area (Å²) in [5.41, 5.74) is -1.36. The fourth-order valence-electron chi connectivity index (χ4n) is 0.635. The van der Waals surface area contributed by atoms with E-state index in [1.807, 2.05) is 0 Å². The molecule has 1 aliphatic heterocycles. The van der Waals surface area contributed by atoms with Gasteiger partial charge in [0.1, 0.15) is 11.0 Å². The summed E-state index contributed by atoms with van der Waals surface area (Å²) < 4.78 is 0. The van der Waals surface area contributed by atoms with Crippen molar-refractivity contribution >= 4 is 5.97 Å². The maximum atomic E-state index is 11.5. The Kier molecular flexibility index (Phi) is 2.85. The molecule has 1 aliphatic rings. The van der Waals surface area contributed by atoms with E-state index in [1.54, 1.807) is 34.6 Å². The quantitative estimate of drug-likeness (QED) is 0.396. The summed E-state index contributed by atoms with van der Waals surface area (Å²) in [6.07, 6.45) is -0.529. The van der Waals surface area contributed by atoms with Crippen LogP contribution in [0.1, 0.15) is 34.6 Å². The van der Waals surface area contributed by atoms with Gasteiger partial charge in [0, 0.05) is 0 Å². The predicted molar refractivity (Wildman–Crippen MR) is 46.7 cm³/mol. The molecule has 1 saturated heterocycles. The summed E-state index contributed by atoms with van der Waals surface area (Å²) in [5.74, 6) is -0.505. The van der Waals surface area contributed by atoms with Crippen molar-refractivity contribution < 1.29 is 24.3 Å². The van der Waals surface area contributed by atoms with Gasteiger partial charge in [-0.2, -0.15) is 14.7 Å². The molecule has 1 heterocycles. The van der Waals surface area contributed by atoms with Gasteiger partial charge in [-0.25, -0.2) is 4.79 Å². The second-order valence-electron chi connectivity index (χ2n) is 4.81. The molecule has 0 spiro atoms. The summed E-state index contributed by atoms with van der Waals surface area (Å²) in [7, 11) is 0. The molecule has 0 amide bonds. The molecule has 0 aromatic rings. The zero-order valence-electron chi connectivity index (χ0n) is 9.12. The lowest BCUT2D eigenvalue weighted by atomic mass is 9.94. The molecular weight excluding hydrogens is 188 g/mol. The van der Waals surface area contributed by atoms with E-state index in [9.17, 15) is 4.79 Å². The van der Waals surface area contributed by atoms with Crippen LogP contribution >= 0.6 is 0 Å². The van der Waals surface area contributed by atoms with E-state index >= 15 is 0 Å². The van der Waals surface area contributed by atoms with Crippen LogP contribution < -0.4 is 0 Å². The molecule has 5 heteroatoms. The first-order valence-electron chi connectivity index (χ1n) is 4.46. The first-order valence-corrected chi connectivity index (χ1v) is 4.46. The van der Waals surface area contributed by atoms with Gasteiger partial charge in [-0.3, -0.25) is 4.89 Å². The van der Waals surface area contributed by atoms with Crippen molar-refractivity contribution in [2.45, 2.75) is 46.5 Å². The Labute approximate surface area is 83.1 Å². The molecule has 0 radical (unpaired) electrons. The minimum absolute atomic E-state index is 0.505. The van der Waals surface area contributed by atoms with Gasteiger partial charge in [0.05, 0.1) is 0 Å². The lowest BCUT2D eigenvalue weighted by molar-refractivity contribution is -0.326. The second kappa shape index (κ2) is 3.49. The largest absolute Gasteiger partial charge is 0.353 e. The van der Waals surface area contributed by atoms with E-state index in [-0.39, 0.29) is 0 Å². The molecule has 0 unspecified atom stereocenters. The van der Waals surface area contributed by atoms with Gasteiger partial charge in [-0.05, 0) is 34.6 Å². The van der Waals surface area contributed by atoms with E-state index < -0.39 is 23.3 Å². The standard InChI is InChI=1S/C9H16O5/c1-8(2,3)14-11-6(10)9(4,5)7-12-13-7/h7H,1-5H3. The van der Waals surface area contributed by atoms with Crippen LogP contribution in [0.15, 0.2) is 0 Å². The Morgan fingerprint density at radius 1 is 1.14 bits per heavy atom. The number of carbonyl (C=O) groups excluding carboxylic acids is 1. The fourth-order valence-corrected chi connectivity index (χ4v) is 0.635. The fraction of sp³-hybridized carbons (Fsp3) is 0.889. The summed E-state index contributed by atoms with van der Waals surface area (Å²) in [4.78, 5) is 30.2. The molecule has 0 saturated carbocycles. The maximum Gasteiger partial charge on any atom is 0.353 e. The Morgan fingerprint density at radius 2 is 1.64 bits per heavy atom. The van der Waals surface area contributed by atoms with Crippen LogP contribution in [0.3, 0.4) is 0 Å². The van der Waals surface area contributed by atoms with E-state index in [0.717, 1.165) is 0 Å². The van der Waals surface area contributed by atoms with Crippen molar-refractivity contribution in [2.24, 2.45) is 5.41 Å². The van der Waals surface area contributed by atoms with Crippen molar-refractivity contribution in [3.8, 4) is 0 Å². The monoisotopic (exact) mass is 204 g/mol. The van der Waals surface area contributed by atoms with Gasteiger partial charge >= 0.3 is 5.97 Å². The second-order valence-corrected chi connectivity index (χ2v) is 4.81. The first kappa shape index (κ1) is 11.4. The molecule has 0 aromatic heterocycles. The van der Waals surface area contributed by atoms with Gasteiger partial charge in [-0.1, -0.05) is 0 Å². The van der Waals surface area contributed by atoms with Crippen LogP contribution in [0.5, 0.6) is 0 Å². The van der Waals surface area contributed by atoms with E-state index in [2.05, 4.69) is 14.7 Å². The molecule has 1 rings (SSSR count). The highest BCUT2D eigenvalue weighted by atomic mass is 17.4. The molecule has 0 N–H and O–H groups in total. The molecular formula is C9H16O5. The van der Waals surface area contributed by atoms with E-state index in [4.69, 9.17) is 4.89 Å². The third-order valence-electron chi connectivity index (χ3n) is 1.68. The van der Waals surface area contributed by atoms with Crippen LogP contribution in [-0.4, -0.2) is 17.9 Å². The Balaban J connectivity index is 2.41. The highest BCUT2D eigenvalue weighted by molar-refractivity contribution is 5.76. The molecule has 0 atom stereocenters. The molecule has 14 heavy (non-hydrogen) atoms. The normalized spacial score (nSPS) is 18.1. The summed E-state index contributed by atoms with van der Waals surface area (Å²) in [5, 5.41) is 0. The third-order valence-corrected chi connectivity index (χ3v) is 1.68. The summed E-state index contributed by atoms with van der Waals surface area (Å²) >= 11 is 0. The smallest absolute Gasteiger partial charge is 0.297 e. The Morgan fingerprint density at radius 3 is 2.00 bits per heavy atom. The molecule has 1 fully saturated rings. The number of rotatable bonds is 3. The minimum atomic E-state index is -0.842. The highest BCUT2D eigenvalue weighted by Gasteiger charge is 2.50. The van der Waals surface area contributed by atoms with Crippen molar-refractivity contribution in [3.05, 3.63) is 0 Å². The maximum absolute atomic E-state index is 11.5. The van der Waals surface area contributed by atoms with Crippen LogP contribution in [0, 0.1) is 5.41 Å². The Hall–Kier alpha value is -0.650. The topological polar surface area (TPSA) is 60.6 Å². The average Bonchev–Trinajstić information content (AvgIpc) is 2.80. The van der Waals surface area contributed by atoms with Gasteiger partial charge in [0.15, 0.2) is 0 Å². The van der Waals surface area contributed by atoms with Gasteiger partial charge in [-0.15, -0.1) is 0 Å². The zero-order chi connectivity index (χ0) is 11.0. The lowest BCUT2D eigenvalue weighted by Crippen LogP contribution is -2.34. The molecule has 0 aromatic carbocycles. The van der Waals surface area contributed by atoms with Crippen LogP contribution in [0.25, 0.3) is 0 Å². The minimum Gasteiger partial charge on any atom is -0.297 e. The first-order chi connectivity index (χ1) is 6.23. The molecule has 82 valence electrons. The van der Waals surface area contributed by atoms with Crippen molar-refractivity contribution in [1.82, 2.24) is 0 Å². The zero-order valence-corrected chi connectivity index (χ0v) is 9.12. The number of hydrogen-bond acceptors (Lipinski definition) is 5. The van der Waals surface area contributed by atoms with E-state index in [1.165, 1.54) is 0 Å². The lowest BCUT2D eigenvalue weighted by Gasteiger charge is -2.21. The molecule has 0 aliphatic carbocycles. The summed E-state index contributed by atoms with van der Waals surface area (Å²) in [6, 6.07) is 0. The number of carbonyl (C=O) groups is 1. The van der Waals surface area contributed by atoms with Gasteiger partial charge < -0.3 is 0 Å². The predicted octanol–water partition coefficient (Wildman–Crippen LogP) is 1.57.